The molecule has 1 aromatic rings. The van der Waals surface area contributed by atoms with E-state index in [1.165, 1.54) is 0 Å². The molecule has 0 saturated heterocycles. The number of benzene rings is 1. The Morgan fingerprint density at radius 2 is 1.58 bits per heavy atom. The lowest BCUT2D eigenvalue weighted by Crippen LogP contribution is -2.45. The summed E-state index contributed by atoms with van der Waals surface area (Å²) >= 11 is 3.53. The van der Waals surface area contributed by atoms with Gasteiger partial charge in [-0.2, -0.15) is 0 Å². The molecule has 0 fully saturated rings. The van der Waals surface area contributed by atoms with Gasteiger partial charge in [-0.25, -0.2) is 4.79 Å². The molecule has 2 aliphatic carbocycles. The van der Waals surface area contributed by atoms with E-state index in [2.05, 4.69) is 48.5 Å². The van der Waals surface area contributed by atoms with Crippen LogP contribution in [0.2, 0.25) is 0 Å². The van der Waals surface area contributed by atoms with Gasteiger partial charge in [0.25, 0.3) is 0 Å². The van der Waals surface area contributed by atoms with Crippen molar-refractivity contribution in [1.29, 1.82) is 0 Å². The van der Waals surface area contributed by atoms with E-state index >= 15 is 0 Å². The first-order valence-electron chi connectivity index (χ1n) is 12.3. The van der Waals surface area contributed by atoms with Crippen molar-refractivity contribution in [2.75, 3.05) is 26.9 Å². The molecule has 0 bridgehead atoms. The molecule has 194 valence electrons. The summed E-state index contributed by atoms with van der Waals surface area (Å²) in [5.41, 5.74) is 3.30. The first-order valence-corrected chi connectivity index (χ1v) is 13.1. The van der Waals surface area contributed by atoms with Crippen LogP contribution in [0.25, 0.3) is 0 Å². The van der Waals surface area contributed by atoms with Gasteiger partial charge in [-0.15, -0.1) is 0 Å². The molecule has 36 heavy (non-hydrogen) atoms. The Morgan fingerprint density at radius 1 is 1.03 bits per heavy atom. The number of carbonyl (C=O) groups is 3. The fraction of sp³-hybridized carbons (Fsp3) is 0.536. The number of Topliss-reactive ketones (excluding diaryl/α,β-unsaturated/α-hetero) is 2. The number of ether oxygens (including phenoxy) is 2. The smallest absolute Gasteiger partial charge is 0.341 e. The average Bonchev–Trinajstić information content (AvgIpc) is 2.74. The Morgan fingerprint density at radius 3 is 2.08 bits per heavy atom. The maximum absolute atomic E-state index is 13.8. The number of nitrogens with zero attached hydrogens (tertiary/aromatic N) is 1. The highest BCUT2D eigenvalue weighted by Gasteiger charge is 2.49. The summed E-state index contributed by atoms with van der Waals surface area (Å²) in [6.45, 7) is 8.88. The molecule has 0 spiro atoms. The molecule has 7 nitrogen and oxygen atoms in total. The van der Waals surface area contributed by atoms with Gasteiger partial charge in [0, 0.05) is 65.0 Å². The van der Waals surface area contributed by atoms with E-state index in [4.69, 9.17) is 9.47 Å². The molecule has 1 aliphatic heterocycles. The van der Waals surface area contributed by atoms with Gasteiger partial charge in [0.2, 0.25) is 0 Å². The number of methoxy groups -OCH3 is 1. The molecule has 1 N–H and O–H groups in total. The molecular weight excluding hydrogens is 526 g/mol. The molecule has 0 unspecified atom stereocenters. The lowest BCUT2D eigenvalue weighted by molar-refractivity contribution is -0.139. The minimum absolute atomic E-state index is 0.0158. The van der Waals surface area contributed by atoms with E-state index < -0.39 is 18.5 Å². The van der Waals surface area contributed by atoms with E-state index in [1.807, 2.05) is 6.07 Å². The third kappa shape index (κ3) is 5.16. The summed E-state index contributed by atoms with van der Waals surface area (Å²) in [5.74, 6) is -1.31. The second-order valence-electron chi connectivity index (χ2n) is 11.5. The van der Waals surface area contributed by atoms with Gasteiger partial charge in [0.05, 0.1) is 6.61 Å². The van der Waals surface area contributed by atoms with E-state index in [1.54, 1.807) is 19.2 Å². The summed E-state index contributed by atoms with van der Waals surface area (Å²) in [4.78, 5) is 41.1. The lowest BCUT2D eigenvalue weighted by Gasteiger charge is -2.49. The SMILES string of the molecule is COCCN1C2=C(C(=O)CC(C)(C)C2)C(c2cc(Br)ccc2OCC(=O)O)C2=C1CC(C)(C)CC2=O. The molecule has 0 radical (unpaired) electrons. The van der Waals surface area contributed by atoms with Crippen LogP contribution in [-0.4, -0.2) is 54.4 Å². The van der Waals surface area contributed by atoms with Crippen molar-refractivity contribution in [3.63, 3.8) is 0 Å². The zero-order valence-corrected chi connectivity index (χ0v) is 23.2. The van der Waals surface area contributed by atoms with Gasteiger partial charge >= 0.3 is 5.97 Å². The summed E-state index contributed by atoms with van der Waals surface area (Å²) in [6, 6.07) is 5.33. The Labute approximate surface area is 220 Å². The van der Waals surface area contributed by atoms with Crippen LogP contribution in [0.5, 0.6) is 5.75 Å². The van der Waals surface area contributed by atoms with Crippen molar-refractivity contribution >= 4 is 33.5 Å². The maximum atomic E-state index is 13.8. The summed E-state index contributed by atoms with van der Waals surface area (Å²) < 4.78 is 11.9. The molecule has 1 aromatic carbocycles. The third-order valence-corrected chi connectivity index (χ3v) is 7.67. The second kappa shape index (κ2) is 9.78. The van der Waals surface area contributed by atoms with Crippen LogP contribution < -0.4 is 4.74 Å². The quantitative estimate of drug-likeness (QED) is 0.487. The Bertz CT molecular complexity index is 1120. The standard InChI is InChI=1S/C28H34BrNO6/c1-27(2)11-18-25(20(31)13-27)24(17-10-16(29)6-7-22(17)36-15-23(33)34)26-19(30(18)8-9-35-5)12-28(3,4)14-21(26)32/h6-7,10,24H,8-9,11-15H2,1-5H3,(H,33,34). The molecular formula is C28H34BrNO6. The number of hydrogen-bond donors (Lipinski definition) is 1. The van der Waals surface area contributed by atoms with E-state index in [0.717, 1.165) is 15.9 Å². The number of carboxylic acid groups (broad SMARTS) is 1. The summed E-state index contributed by atoms with van der Waals surface area (Å²) in [7, 11) is 1.65. The minimum Gasteiger partial charge on any atom is -0.482 e. The van der Waals surface area contributed by atoms with Crippen LogP contribution in [0, 0.1) is 10.8 Å². The largest absolute Gasteiger partial charge is 0.482 e. The predicted octanol–water partition coefficient (Wildman–Crippen LogP) is 5.24. The fourth-order valence-corrected chi connectivity index (χ4v) is 6.21. The van der Waals surface area contributed by atoms with Crippen molar-refractivity contribution in [3.05, 3.63) is 50.8 Å². The zero-order chi connectivity index (χ0) is 26.4. The molecule has 1 heterocycles. The van der Waals surface area contributed by atoms with Crippen molar-refractivity contribution < 1.29 is 29.0 Å². The molecule has 3 aliphatic rings. The highest BCUT2D eigenvalue weighted by molar-refractivity contribution is 9.10. The molecule has 0 aromatic heterocycles. The lowest BCUT2D eigenvalue weighted by atomic mass is 9.63. The molecule has 4 rings (SSSR count). The van der Waals surface area contributed by atoms with Crippen LogP contribution in [0.1, 0.15) is 64.9 Å². The number of ketones is 2. The van der Waals surface area contributed by atoms with Crippen molar-refractivity contribution in [3.8, 4) is 5.75 Å². The fourth-order valence-electron chi connectivity index (χ4n) is 5.83. The van der Waals surface area contributed by atoms with Crippen molar-refractivity contribution in [2.24, 2.45) is 10.8 Å². The Hall–Kier alpha value is -2.45. The minimum atomic E-state index is -1.09. The highest BCUT2D eigenvalue weighted by Crippen LogP contribution is 2.55. The normalized spacial score (nSPS) is 21.4. The molecule has 8 heteroatoms. The summed E-state index contributed by atoms with van der Waals surface area (Å²) in [6.07, 6.45) is 2.14. The maximum Gasteiger partial charge on any atom is 0.341 e. The Kier molecular flexibility index (Phi) is 7.23. The second-order valence-corrected chi connectivity index (χ2v) is 12.5. The number of aliphatic carboxylic acids is 1. The molecule has 0 atom stereocenters. The van der Waals surface area contributed by atoms with Crippen molar-refractivity contribution in [1.82, 2.24) is 4.90 Å². The summed E-state index contributed by atoms with van der Waals surface area (Å²) in [5, 5.41) is 9.24. The van der Waals surface area contributed by atoms with Crippen LogP contribution >= 0.6 is 15.9 Å². The van der Waals surface area contributed by atoms with E-state index in [-0.39, 0.29) is 22.4 Å². The van der Waals surface area contributed by atoms with Gasteiger partial charge in [-0.05, 0) is 41.9 Å². The van der Waals surface area contributed by atoms with E-state index in [0.29, 0.717) is 61.3 Å². The first kappa shape index (κ1) is 26.6. The monoisotopic (exact) mass is 559 g/mol. The van der Waals surface area contributed by atoms with Gasteiger partial charge in [-0.1, -0.05) is 43.6 Å². The van der Waals surface area contributed by atoms with Crippen LogP contribution in [0.4, 0.5) is 0 Å². The van der Waals surface area contributed by atoms with Crippen LogP contribution in [0.15, 0.2) is 45.2 Å². The van der Waals surface area contributed by atoms with Crippen LogP contribution in [0.3, 0.4) is 0 Å². The number of hydrogen-bond acceptors (Lipinski definition) is 6. The predicted molar refractivity (Wildman–Crippen MR) is 139 cm³/mol. The van der Waals surface area contributed by atoms with E-state index in [9.17, 15) is 19.5 Å². The Balaban J connectivity index is 2.00. The van der Waals surface area contributed by atoms with Crippen molar-refractivity contribution in [2.45, 2.75) is 59.3 Å². The van der Waals surface area contributed by atoms with Crippen LogP contribution in [-0.2, 0) is 19.1 Å². The van der Waals surface area contributed by atoms with Gasteiger partial charge < -0.3 is 19.5 Å². The zero-order valence-electron chi connectivity index (χ0n) is 21.6. The average molecular weight is 560 g/mol. The molecule has 0 saturated carbocycles. The number of rotatable bonds is 7. The number of carboxylic acids is 1. The number of carbonyl (C=O) groups excluding carboxylic acids is 2. The van der Waals surface area contributed by atoms with Gasteiger partial charge in [-0.3, -0.25) is 9.59 Å². The topological polar surface area (TPSA) is 93.1 Å². The highest BCUT2D eigenvalue weighted by atomic mass is 79.9. The molecule has 0 amide bonds. The third-order valence-electron chi connectivity index (χ3n) is 7.17. The van der Waals surface area contributed by atoms with Gasteiger partial charge in [0.15, 0.2) is 18.2 Å². The number of allylic oxidation sites excluding steroid dienone is 4. The number of halogens is 1. The van der Waals surface area contributed by atoms with Gasteiger partial charge in [0.1, 0.15) is 5.75 Å². The first-order chi connectivity index (χ1) is 16.8.